The van der Waals surface area contributed by atoms with E-state index in [0.717, 1.165) is 21.3 Å². The number of ketones is 1. The minimum Gasteiger partial charge on any atom is -0.512 e. The van der Waals surface area contributed by atoms with E-state index in [0.29, 0.717) is 0 Å². The Hall–Kier alpha value is -1.88. The molecule has 1 aromatic carbocycles. The van der Waals surface area contributed by atoms with E-state index in [1.807, 2.05) is 36.5 Å². The van der Waals surface area contributed by atoms with Gasteiger partial charge < -0.3 is 5.11 Å². The average molecular weight is 504 g/mol. The molecule has 2 heterocycles. The second-order valence-corrected chi connectivity index (χ2v) is 5.38. The molecule has 0 saturated heterocycles. The number of rotatable bonds is 2. The molecule has 121 valence electrons. The number of hydrogen-bond acceptors (Lipinski definition) is 5. The summed E-state index contributed by atoms with van der Waals surface area (Å²) >= 11 is 1.50. The summed E-state index contributed by atoms with van der Waals surface area (Å²) in [7, 11) is 0. The third-order valence-corrected chi connectivity index (χ3v) is 3.47. The number of benzene rings is 1. The number of aliphatic hydroxyl groups excluding tert-OH is 1. The van der Waals surface area contributed by atoms with Crippen molar-refractivity contribution in [3.05, 3.63) is 60.6 Å². The van der Waals surface area contributed by atoms with Crippen LogP contribution in [0.15, 0.2) is 54.6 Å². The molecule has 0 saturated carbocycles. The first kappa shape index (κ1) is 19.2. The number of aliphatic hydroxyl groups is 1. The molecule has 0 bridgehead atoms. The fourth-order valence-electron chi connectivity index (χ4n) is 1.81. The number of pyridine rings is 1. The monoisotopic (exact) mass is 504 g/mol. The Balaban J connectivity index is 0.000000287. The summed E-state index contributed by atoms with van der Waals surface area (Å²) in [5.74, 6) is -0.0625. The van der Waals surface area contributed by atoms with Gasteiger partial charge in [0.15, 0.2) is 5.78 Å². The number of carbonyl (C=O) groups excluding carboxylic acids is 1. The van der Waals surface area contributed by atoms with Crippen LogP contribution in [0.25, 0.3) is 21.3 Å². The van der Waals surface area contributed by atoms with Crippen molar-refractivity contribution >= 4 is 27.4 Å². The zero-order chi connectivity index (χ0) is 15.9. The van der Waals surface area contributed by atoms with Gasteiger partial charge in [-0.15, -0.1) is 35.9 Å². The number of allylic oxidation sites excluding steroid dienone is 2. The maximum atomic E-state index is 10.0. The zero-order valence-corrected chi connectivity index (χ0v) is 15.8. The van der Waals surface area contributed by atoms with Gasteiger partial charge in [0.1, 0.15) is 0 Å². The van der Waals surface area contributed by atoms with Crippen LogP contribution in [0.5, 0.6) is 0 Å². The van der Waals surface area contributed by atoms with Crippen molar-refractivity contribution in [1.82, 2.24) is 9.36 Å². The number of aromatic nitrogens is 2. The third-order valence-electron chi connectivity index (χ3n) is 2.65. The molecule has 0 aliphatic rings. The molecule has 0 aliphatic carbocycles. The predicted molar refractivity (Wildman–Crippen MR) is 88.8 cm³/mol. The van der Waals surface area contributed by atoms with Gasteiger partial charge in [-0.3, -0.25) is 9.78 Å². The maximum Gasteiger partial charge on any atom is 0.155 e. The normalized spacial score (nSPS) is 10.4. The van der Waals surface area contributed by atoms with Gasteiger partial charge in [0, 0.05) is 49.0 Å². The zero-order valence-electron chi connectivity index (χ0n) is 12.6. The molecule has 1 radical (unpaired) electrons. The van der Waals surface area contributed by atoms with Crippen molar-refractivity contribution in [2.24, 2.45) is 0 Å². The summed E-state index contributed by atoms with van der Waals surface area (Å²) in [5.41, 5.74) is 2.00. The molecular formula is C17H15IrN2O2S-. The van der Waals surface area contributed by atoms with Crippen LogP contribution >= 0.6 is 11.5 Å². The summed E-state index contributed by atoms with van der Waals surface area (Å²) in [4.78, 5) is 14.1. The van der Waals surface area contributed by atoms with E-state index >= 15 is 0 Å². The summed E-state index contributed by atoms with van der Waals surface area (Å²) < 4.78 is 5.60. The Morgan fingerprint density at radius 3 is 2.65 bits per heavy atom. The molecule has 6 heteroatoms. The Labute approximate surface area is 152 Å². The molecule has 0 atom stereocenters. The summed E-state index contributed by atoms with van der Waals surface area (Å²) in [5, 5.41) is 9.46. The van der Waals surface area contributed by atoms with Crippen molar-refractivity contribution < 1.29 is 30.0 Å². The van der Waals surface area contributed by atoms with Crippen LogP contribution in [-0.2, 0) is 24.9 Å². The van der Waals surface area contributed by atoms with Crippen LogP contribution in [0.4, 0.5) is 0 Å². The Kier molecular flexibility index (Phi) is 7.75. The van der Waals surface area contributed by atoms with Gasteiger partial charge >= 0.3 is 0 Å². The molecule has 23 heavy (non-hydrogen) atoms. The van der Waals surface area contributed by atoms with Crippen molar-refractivity contribution in [3.63, 3.8) is 0 Å². The molecule has 0 unspecified atom stereocenters. The third kappa shape index (κ3) is 5.67. The average Bonchev–Trinajstić information content (AvgIpc) is 2.91. The summed E-state index contributed by atoms with van der Waals surface area (Å²) in [6, 6.07) is 13.0. The molecule has 4 nitrogen and oxygen atoms in total. The van der Waals surface area contributed by atoms with Crippen LogP contribution in [-0.4, -0.2) is 20.2 Å². The quantitative estimate of drug-likeness (QED) is 0.324. The molecule has 3 aromatic rings. The first-order chi connectivity index (χ1) is 10.6. The van der Waals surface area contributed by atoms with Crippen molar-refractivity contribution in [2.45, 2.75) is 13.8 Å². The minimum absolute atomic E-state index is 0. The van der Waals surface area contributed by atoms with E-state index in [2.05, 4.69) is 15.4 Å². The molecule has 0 fully saturated rings. The molecule has 1 N–H and O–H groups in total. The van der Waals surface area contributed by atoms with Crippen molar-refractivity contribution in [2.75, 3.05) is 0 Å². The standard InChI is InChI=1S/C12H7N2S.C5H8O2.Ir/c1-2-4-9(5-3-1)12-10-8-13-7-6-11(10)15-14-12;1-4(6)3-5(2)7;/h1-4,6-8H;3,6H,1-2H3;/q-1;;/b;4-3-;. The fourth-order valence-corrected chi connectivity index (χ4v) is 2.57. The van der Waals surface area contributed by atoms with Crippen LogP contribution in [0.2, 0.25) is 0 Å². The second kappa shape index (κ2) is 9.30. The van der Waals surface area contributed by atoms with Gasteiger partial charge in [0.2, 0.25) is 0 Å². The SMILES string of the molecule is CC(=O)/C=C(/C)O.[Ir].[c-]1ccccc1-c1nsc2ccncc12. The molecule has 2 aromatic heterocycles. The summed E-state index contributed by atoms with van der Waals surface area (Å²) in [6.07, 6.45) is 4.81. The molecular weight excluding hydrogens is 488 g/mol. The van der Waals surface area contributed by atoms with Crippen LogP contribution < -0.4 is 0 Å². The first-order valence-corrected chi connectivity index (χ1v) is 7.39. The van der Waals surface area contributed by atoms with Crippen LogP contribution in [0, 0.1) is 6.07 Å². The van der Waals surface area contributed by atoms with E-state index < -0.39 is 0 Å². The molecule has 0 spiro atoms. The maximum absolute atomic E-state index is 10.0. The van der Waals surface area contributed by atoms with Crippen LogP contribution in [0.1, 0.15) is 13.8 Å². The topological polar surface area (TPSA) is 63.1 Å². The Morgan fingerprint density at radius 1 is 1.30 bits per heavy atom. The van der Waals surface area contributed by atoms with E-state index in [1.165, 1.54) is 31.5 Å². The molecule has 0 aliphatic heterocycles. The Morgan fingerprint density at radius 2 is 2.09 bits per heavy atom. The number of nitrogens with zero attached hydrogens (tertiary/aromatic N) is 2. The van der Waals surface area contributed by atoms with Gasteiger partial charge in [0.05, 0.1) is 5.76 Å². The van der Waals surface area contributed by atoms with Crippen LogP contribution in [0.3, 0.4) is 0 Å². The van der Waals surface area contributed by atoms with E-state index in [-0.39, 0.29) is 31.6 Å². The molecule has 0 amide bonds. The van der Waals surface area contributed by atoms with E-state index in [4.69, 9.17) is 5.11 Å². The fraction of sp³-hybridized carbons (Fsp3) is 0.118. The van der Waals surface area contributed by atoms with Gasteiger partial charge in [-0.1, -0.05) is 0 Å². The van der Waals surface area contributed by atoms with E-state index in [9.17, 15) is 4.79 Å². The number of carbonyl (C=O) groups is 1. The van der Waals surface area contributed by atoms with Gasteiger partial charge in [-0.25, -0.2) is 4.37 Å². The summed E-state index contributed by atoms with van der Waals surface area (Å²) in [6.45, 7) is 2.85. The smallest absolute Gasteiger partial charge is 0.155 e. The van der Waals surface area contributed by atoms with Gasteiger partial charge in [0.25, 0.3) is 0 Å². The first-order valence-electron chi connectivity index (χ1n) is 6.62. The molecule has 3 rings (SSSR count). The van der Waals surface area contributed by atoms with Crippen molar-refractivity contribution in [3.8, 4) is 11.3 Å². The number of fused-ring (bicyclic) bond motifs is 1. The number of hydrogen-bond donors (Lipinski definition) is 1. The largest absolute Gasteiger partial charge is 0.512 e. The van der Waals surface area contributed by atoms with E-state index in [1.54, 1.807) is 6.20 Å². The van der Waals surface area contributed by atoms with Gasteiger partial charge in [-0.2, -0.15) is 0 Å². The second-order valence-electron chi connectivity index (χ2n) is 4.58. The van der Waals surface area contributed by atoms with Crippen molar-refractivity contribution in [1.29, 1.82) is 0 Å². The predicted octanol–water partition coefficient (Wildman–Crippen LogP) is 4.19. The Bertz CT molecular complexity index is 796. The minimum atomic E-state index is -0.125. The van der Waals surface area contributed by atoms with Gasteiger partial charge in [-0.05, 0) is 36.8 Å².